The second-order valence-corrected chi connectivity index (χ2v) is 9.66. The van der Waals surface area contributed by atoms with Gasteiger partial charge in [-0.2, -0.15) is 0 Å². The van der Waals surface area contributed by atoms with Gasteiger partial charge in [0.25, 0.3) is 0 Å². The van der Waals surface area contributed by atoms with Crippen molar-refractivity contribution in [3.63, 3.8) is 0 Å². The summed E-state index contributed by atoms with van der Waals surface area (Å²) in [4.78, 5) is 33.6. The van der Waals surface area contributed by atoms with E-state index in [9.17, 15) is 14.0 Å². The van der Waals surface area contributed by atoms with Crippen molar-refractivity contribution in [1.82, 2.24) is 25.5 Å². The van der Waals surface area contributed by atoms with E-state index in [1.165, 1.54) is 6.21 Å². The number of urea groups is 1. The normalized spacial score (nSPS) is 26.6. The maximum atomic E-state index is 14.4. The summed E-state index contributed by atoms with van der Waals surface area (Å²) in [5, 5.41) is 13.4. The van der Waals surface area contributed by atoms with Gasteiger partial charge >= 0.3 is 12.1 Å². The quantitative estimate of drug-likeness (QED) is 0.421. The molecule has 1 saturated heterocycles. The fourth-order valence-corrected chi connectivity index (χ4v) is 4.45. The van der Waals surface area contributed by atoms with E-state index in [1.54, 1.807) is 24.1 Å². The zero-order valence-electron chi connectivity index (χ0n) is 19.0. The van der Waals surface area contributed by atoms with E-state index in [0.29, 0.717) is 69.2 Å². The first-order valence-corrected chi connectivity index (χ1v) is 11.7. The number of rotatable bonds is 9. The molecule has 10 heteroatoms. The minimum atomic E-state index is -1.17. The molecule has 3 amide bonds. The maximum absolute atomic E-state index is 14.4. The number of H-pyrrole nitrogens is 1. The summed E-state index contributed by atoms with van der Waals surface area (Å²) >= 11 is 0. The number of hydrogen-bond donors (Lipinski definition) is 4. The SMILES string of the molecule is CC1(F)CCC([C@H](NC(=O)OCC2CC2)c2cnc(/C=C(\C=N)CN3CCNC3=O)[nH]2)CC1. The lowest BCUT2D eigenvalue weighted by Crippen LogP contribution is -2.38. The van der Waals surface area contributed by atoms with Crippen LogP contribution in [0.5, 0.6) is 0 Å². The second kappa shape index (κ2) is 9.93. The number of hydrogen-bond acceptors (Lipinski definition) is 5. The molecule has 1 aromatic rings. The van der Waals surface area contributed by atoms with Crippen LogP contribution in [0.15, 0.2) is 11.8 Å². The average molecular weight is 461 g/mol. The highest BCUT2D eigenvalue weighted by Crippen LogP contribution is 2.40. The summed E-state index contributed by atoms with van der Waals surface area (Å²) in [6.07, 6.45) is 8.54. The summed E-state index contributed by atoms with van der Waals surface area (Å²) in [5.74, 6) is 1.07. The number of carbonyl (C=O) groups is 2. The highest BCUT2D eigenvalue weighted by atomic mass is 19.1. The lowest BCUT2D eigenvalue weighted by atomic mass is 9.77. The molecule has 0 bridgehead atoms. The fraction of sp³-hybridized carbons (Fsp3) is 0.652. The molecule has 0 radical (unpaired) electrons. The van der Waals surface area contributed by atoms with E-state index in [-0.39, 0.29) is 18.0 Å². The molecule has 3 aliphatic rings. The van der Waals surface area contributed by atoms with Crippen LogP contribution in [-0.2, 0) is 4.74 Å². The first kappa shape index (κ1) is 23.3. The van der Waals surface area contributed by atoms with Crippen LogP contribution in [0.3, 0.4) is 0 Å². The van der Waals surface area contributed by atoms with Crippen molar-refractivity contribution in [2.24, 2.45) is 11.8 Å². The van der Waals surface area contributed by atoms with Crippen molar-refractivity contribution in [2.45, 2.75) is 57.2 Å². The van der Waals surface area contributed by atoms with Crippen LogP contribution in [0, 0.1) is 17.2 Å². The van der Waals surface area contributed by atoms with Crippen LogP contribution in [0.4, 0.5) is 14.0 Å². The number of alkyl halides is 1. The Kier molecular flexibility index (Phi) is 6.99. The van der Waals surface area contributed by atoms with Crippen molar-refractivity contribution in [3.05, 3.63) is 23.3 Å². The van der Waals surface area contributed by atoms with E-state index < -0.39 is 11.8 Å². The third kappa shape index (κ3) is 6.33. The van der Waals surface area contributed by atoms with Crippen LogP contribution in [-0.4, -0.2) is 65.1 Å². The van der Waals surface area contributed by atoms with Gasteiger partial charge in [0.2, 0.25) is 0 Å². The lowest BCUT2D eigenvalue weighted by molar-refractivity contribution is 0.0850. The first-order chi connectivity index (χ1) is 15.8. The Morgan fingerprint density at radius 1 is 1.42 bits per heavy atom. The molecule has 4 rings (SSSR count). The van der Waals surface area contributed by atoms with E-state index in [1.807, 2.05) is 0 Å². The summed E-state index contributed by atoms with van der Waals surface area (Å²) < 4.78 is 19.8. The Morgan fingerprint density at radius 2 is 2.18 bits per heavy atom. The number of halogens is 1. The Bertz CT molecular complexity index is 900. The van der Waals surface area contributed by atoms with Gasteiger partial charge in [-0.05, 0) is 68.9 Å². The van der Waals surface area contributed by atoms with E-state index in [2.05, 4.69) is 20.6 Å². The molecule has 1 aliphatic heterocycles. The summed E-state index contributed by atoms with van der Waals surface area (Å²) in [7, 11) is 0. The Labute approximate surface area is 193 Å². The van der Waals surface area contributed by atoms with Crippen LogP contribution in [0.25, 0.3) is 6.08 Å². The van der Waals surface area contributed by atoms with E-state index in [0.717, 1.165) is 18.5 Å². The number of aromatic nitrogens is 2. The highest BCUT2D eigenvalue weighted by Gasteiger charge is 2.36. The van der Waals surface area contributed by atoms with Crippen LogP contribution in [0.1, 0.15) is 63.0 Å². The van der Waals surface area contributed by atoms with Gasteiger partial charge in [0, 0.05) is 25.8 Å². The molecular weight excluding hydrogens is 427 g/mol. The van der Waals surface area contributed by atoms with Gasteiger partial charge in [0.05, 0.1) is 24.5 Å². The zero-order chi connectivity index (χ0) is 23.4. The molecular formula is C23H33FN6O3. The van der Waals surface area contributed by atoms with Crippen molar-refractivity contribution < 1.29 is 18.7 Å². The predicted octanol–water partition coefficient (Wildman–Crippen LogP) is 3.56. The average Bonchev–Trinajstić information content (AvgIpc) is 3.37. The lowest BCUT2D eigenvalue weighted by Gasteiger charge is -2.35. The van der Waals surface area contributed by atoms with Crippen LogP contribution in [0.2, 0.25) is 0 Å². The minimum absolute atomic E-state index is 0.0649. The molecule has 180 valence electrons. The third-order valence-electron chi connectivity index (χ3n) is 6.74. The van der Waals surface area contributed by atoms with Gasteiger partial charge < -0.3 is 30.7 Å². The number of nitrogens with one attached hydrogen (secondary N) is 4. The monoisotopic (exact) mass is 460 g/mol. The number of amides is 3. The molecule has 3 fully saturated rings. The topological polar surface area (TPSA) is 123 Å². The standard InChI is InChI=1S/C23H33FN6O3/c1-23(24)6-4-17(5-7-23)20(29-22(32)33-14-15-2-3-15)18-12-27-19(28-18)10-16(11-25)13-30-9-8-26-21(30)31/h10-12,15,17,20,25H,2-9,13-14H2,1H3,(H,26,31)(H,27,28)(H,29,32)/b16-10+,25-11?/t17?,20-,23?/m0/s1. The Morgan fingerprint density at radius 3 is 2.82 bits per heavy atom. The van der Waals surface area contributed by atoms with Crippen molar-refractivity contribution >= 4 is 24.4 Å². The van der Waals surface area contributed by atoms with Crippen LogP contribution >= 0.6 is 0 Å². The number of alkyl carbamates (subject to hydrolysis) is 1. The number of aromatic amines is 1. The van der Waals surface area contributed by atoms with Gasteiger partial charge in [-0.15, -0.1) is 0 Å². The fourth-order valence-electron chi connectivity index (χ4n) is 4.45. The third-order valence-corrected chi connectivity index (χ3v) is 6.74. The molecule has 1 aromatic heterocycles. The van der Waals surface area contributed by atoms with Crippen LogP contribution < -0.4 is 10.6 Å². The molecule has 2 heterocycles. The summed E-state index contributed by atoms with van der Waals surface area (Å²) in [6.45, 7) is 3.57. The molecule has 0 unspecified atom stereocenters. The molecule has 0 aromatic carbocycles. The molecule has 1 atom stereocenters. The van der Waals surface area contributed by atoms with Gasteiger partial charge in [0.15, 0.2) is 0 Å². The van der Waals surface area contributed by atoms with Crippen molar-refractivity contribution in [2.75, 3.05) is 26.2 Å². The number of carbonyl (C=O) groups excluding carboxylic acids is 2. The largest absolute Gasteiger partial charge is 0.449 e. The van der Waals surface area contributed by atoms with Crippen molar-refractivity contribution in [1.29, 1.82) is 5.41 Å². The Balaban J connectivity index is 1.47. The molecule has 33 heavy (non-hydrogen) atoms. The molecule has 2 aliphatic carbocycles. The van der Waals surface area contributed by atoms with Gasteiger partial charge in [-0.25, -0.2) is 19.0 Å². The number of imidazole rings is 1. The van der Waals surface area contributed by atoms with E-state index >= 15 is 0 Å². The maximum Gasteiger partial charge on any atom is 0.407 e. The van der Waals surface area contributed by atoms with E-state index in [4.69, 9.17) is 10.1 Å². The number of ether oxygens (including phenoxy) is 1. The molecule has 0 spiro atoms. The first-order valence-electron chi connectivity index (χ1n) is 11.7. The molecule has 9 nitrogen and oxygen atoms in total. The van der Waals surface area contributed by atoms with Crippen molar-refractivity contribution in [3.8, 4) is 0 Å². The molecule has 4 N–H and O–H groups in total. The second-order valence-electron chi connectivity index (χ2n) is 9.66. The predicted molar refractivity (Wildman–Crippen MR) is 122 cm³/mol. The van der Waals surface area contributed by atoms with Gasteiger partial charge in [0.1, 0.15) is 11.5 Å². The van der Waals surface area contributed by atoms with Gasteiger partial charge in [-0.3, -0.25) is 0 Å². The molecule has 2 saturated carbocycles. The smallest absolute Gasteiger partial charge is 0.407 e. The highest BCUT2D eigenvalue weighted by molar-refractivity contribution is 5.85. The summed E-state index contributed by atoms with van der Waals surface area (Å²) in [6, 6.07) is -0.510. The summed E-state index contributed by atoms with van der Waals surface area (Å²) in [5.41, 5.74) is 0.184. The Hall–Kier alpha value is -2.91. The minimum Gasteiger partial charge on any atom is -0.449 e. The zero-order valence-corrected chi connectivity index (χ0v) is 19.0. The number of nitrogens with zero attached hydrogens (tertiary/aromatic N) is 2. The van der Waals surface area contributed by atoms with Gasteiger partial charge in [-0.1, -0.05) is 0 Å².